The molecule has 1 aliphatic carbocycles. The average molecular weight is 286 g/mol. The number of carboxylic acids is 1. The Hall–Kier alpha value is -2.63. The normalized spacial score (nSPS) is 14.0. The highest BCUT2D eigenvalue weighted by molar-refractivity contribution is 6.02. The van der Waals surface area contributed by atoms with Gasteiger partial charge in [0, 0.05) is 17.7 Å². The molecule has 0 unspecified atom stereocenters. The fraction of sp³-hybridized carbons (Fsp3) is 0.267. The molecule has 1 aliphatic rings. The molecule has 3 rings (SSSR count). The summed E-state index contributed by atoms with van der Waals surface area (Å²) in [7, 11) is 0. The van der Waals surface area contributed by atoms with Gasteiger partial charge in [-0.05, 0) is 43.5 Å². The third-order valence-corrected chi connectivity index (χ3v) is 3.46. The Labute approximate surface area is 120 Å². The zero-order valence-corrected chi connectivity index (χ0v) is 11.4. The Balaban J connectivity index is 1.74. The van der Waals surface area contributed by atoms with Gasteiger partial charge in [0.05, 0.1) is 11.3 Å². The van der Waals surface area contributed by atoms with Crippen LogP contribution in [0.1, 0.15) is 50.9 Å². The maximum atomic E-state index is 12.0. The molecule has 2 aromatic rings. The van der Waals surface area contributed by atoms with E-state index < -0.39 is 11.9 Å². The summed E-state index contributed by atoms with van der Waals surface area (Å²) in [5.74, 6) is -0.796. The molecule has 2 N–H and O–H groups in total. The lowest BCUT2D eigenvalue weighted by atomic mass is 10.1. The second kappa shape index (κ2) is 5.05. The summed E-state index contributed by atoms with van der Waals surface area (Å²) in [6.07, 6.45) is 2.17. The summed E-state index contributed by atoms with van der Waals surface area (Å²) in [6, 6.07) is 6.28. The minimum absolute atomic E-state index is 0.164. The van der Waals surface area contributed by atoms with Crippen LogP contribution in [0.25, 0.3) is 0 Å². The molecule has 0 radical (unpaired) electrons. The molecule has 1 heterocycles. The van der Waals surface area contributed by atoms with Gasteiger partial charge in [0.2, 0.25) is 5.76 Å². The van der Waals surface area contributed by atoms with Gasteiger partial charge in [0.25, 0.3) is 5.91 Å². The molecule has 108 valence electrons. The molecule has 1 amide bonds. The number of hydrogen-bond donors (Lipinski definition) is 2. The number of carbonyl (C=O) groups excluding carboxylic acids is 1. The molecule has 0 atom stereocenters. The number of carbonyl (C=O) groups is 2. The standard InChI is InChI=1S/C15H14N2O4/c1-8-6-10(4-5-11(8)15(19)20)16-14(18)13-7-12(17-21-13)9-2-3-9/h4-7,9H,2-3H2,1H3,(H,16,18)(H,19,20). The molecule has 1 fully saturated rings. The molecule has 1 saturated carbocycles. The third kappa shape index (κ3) is 2.79. The third-order valence-electron chi connectivity index (χ3n) is 3.46. The largest absolute Gasteiger partial charge is 0.478 e. The summed E-state index contributed by atoms with van der Waals surface area (Å²) in [5.41, 5.74) is 2.13. The van der Waals surface area contributed by atoms with Crippen LogP contribution >= 0.6 is 0 Å². The highest BCUT2D eigenvalue weighted by Crippen LogP contribution is 2.39. The van der Waals surface area contributed by atoms with Gasteiger partial charge in [-0.1, -0.05) is 5.16 Å². The van der Waals surface area contributed by atoms with Crippen molar-refractivity contribution in [2.75, 3.05) is 5.32 Å². The number of anilines is 1. The van der Waals surface area contributed by atoms with Gasteiger partial charge >= 0.3 is 5.97 Å². The number of benzene rings is 1. The summed E-state index contributed by atoms with van der Waals surface area (Å²) in [5, 5.41) is 15.5. The van der Waals surface area contributed by atoms with Gasteiger partial charge in [-0.3, -0.25) is 4.79 Å². The number of rotatable bonds is 4. The summed E-state index contributed by atoms with van der Waals surface area (Å²) in [4.78, 5) is 23.0. The lowest BCUT2D eigenvalue weighted by Crippen LogP contribution is -2.11. The van der Waals surface area contributed by atoms with Crippen LogP contribution in [-0.2, 0) is 0 Å². The van der Waals surface area contributed by atoms with Crippen LogP contribution in [0.4, 0.5) is 5.69 Å². The van der Waals surface area contributed by atoms with Gasteiger partial charge in [-0.15, -0.1) is 0 Å². The number of carboxylic acid groups (broad SMARTS) is 1. The fourth-order valence-electron chi connectivity index (χ4n) is 2.14. The first-order valence-electron chi connectivity index (χ1n) is 6.66. The number of nitrogens with zero attached hydrogens (tertiary/aromatic N) is 1. The summed E-state index contributed by atoms with van der Waals surface area (Å²) in [6.45, 7) is 1.68. The number of aryl methyl sites for hydroxylation is 1. The number of amides is 1. The van der Waals surface area contributed by atoms with Crippen molar-refractivity contribution in [1.82, 2.24) is 5.16 Å². The fourth-order valence-corrected chi connectivity index (χ4v) is 2.14. The van der Waals surface area contributed by atoms with Crippen LogP contribution in [0.15, 0.2) is 28.8 Å². The lowest BCUT2D eigenvalue weighted by Gasteiger charge is -2.06. The number of aromatic carboxylic acids is 1. The molecule has 6 nitrogen and oxygen atoms in total. The van der Waals surface area contributed by atoms with Crippen molar-refractivity contribution in [2.45, 2.75) is 25.7 Å². The van der Waals surface area contributed by atoms with Gasteiger partial charge < -0.3 is 14.9 Å². The van der Waals surface area contributed by atoms with E-state index in [1.807, 2.05) is 0 Å². The molecular weight excluding hydrogens is 272 g/mol. The number of hydrogen-bond acceptors (Lipinski definition) is 4. The Kier molecular flexibility index (Phi) is 3.21. The maximum absolute atomic E-state index is 12.0. The molecule has 0 bridgehead atoms. The minimum atomic E-state index is -0.991. The van der Waals surface area contributed by atoms with Gasteiger partial charge in [0.1, 0.15) is 0 Å². The lowest BCUT2D eigenvalue weighted by molar-refractivity contribution is 0.0696. The number of aromatic nitrogens is 1. The molecule has 1 aromatic carbocycles. The van der Waals surface area contributed by atoms with Crippen LogP contribution in [0.3, 0.4) is 0 Å². The molecule has 0 saturated heterocycles. The Bertz CT molecular complexity index is 716. The highest BCUT2D eigenvalue weighted by Gasteiger charge is 2.28. The van der Waals surface area contributed by atoms with Gasteiger partial charge in [-0.25, -0.2) is 4.79 Å². The second-order valence-electron chi connectivity index (χ2n) is 5.18. The Morgan fingerprint density at radius 1 is 1.33 bits per heavy atom. The van der Waals surface area contributed by atoms with Crippen molar-refractivity contribution in [3.05, 3.63) is 46.8 Å². The zero-order valence-electron chi connectivity index (χ0n) is 11.4. The maximum Gasteiger partial charge on any atom is 0.335 e. The molecule has 0 spiro atoms. The van der Waals surface area contributed by atoms with Crippen LogP contribution in [0.5, 0.6) is 0 Å². The van der Waals surface area contributed by atoms with E-state index in [0.29, 0.717) is 17.2 Å². The van der Waals surface area contributed by atoms with Crippen LogP contribution in [0.2, 0.25) is 0 Å². The Morgan fingerprint density at radius 2 is 2.10 bits per heavy atom. The monoisotopic (exact) mass is 286 g/mol. The first kappa shape index (κ1) is 13.4. The van der Waals surface area contributed by atoms with Crippen molar-refractivity contribution in [2.24, 2.45) is 0 Å². The first-order valence-corrected chi connectivity index (χ1v) is 6.66. The minimum Gasteiger partial charge on any atom is -0.478 e. The van der Waals surface area contributed by atoms with E-state index in [4.69, 9.17) is 9.63 Å². The quantitative estimate of drug-likeness (QED) is 0.901. The average Bonchev–Trinajstić information content (AvgIpc) is 3.16. The highest BCUT2D eigenvalue weighted by atomic mass is 16.5. The van der Waals surface area contributed by atoms with Crippen LogP contribution in [-0.4, -0.2) is 22.1 Å². The van der Waals surface area contributed by atoms with Crippen molar-refractivity contribution >= 4 is 17.6 Å². The number of nitrogens with one attached hydrogen (secondary N) is 1. The predicted octanol–water partition coefficient (Wildman–Crippen LogP) is 2.81. The SMILES string of the molecule is Cc1cc(NC(=O)c2cc(C3CC3)no2)ccc1C(=O)O. The van der Waals surface area contributed by atoms with Crippen molar-refractivity contribution < 1.29 is 19.2 Å². The molecule has 0 aliphatic heterocycles. The van der Waals surface area contributed by atoms with E-state index in [0.717, 1.165) is 18.5 Å². The van der Waals surface area contributed by atoms with E-state index in [-0.39, 0.29) is 11.3 Å². The van der Waals surface area contributed by atoms with E-state index in [1.165, 1.54) is 6.07 Å². The first-order chi connectivity index (χ1) is 10.0. The Morgan fingerprint density at radius 3 is 2.71 bits per heavy atom. The van der Waals surface area contributed by atoms with E-state index in [9.17, 15) is 9.59 Å². The van der Waals surface area contributed by atoms with Crippen molar-refractivity contribution in [1.29, 1.82) is 0 Å². The van der Waals surface area contributed by atoms with Crippen molar-refractivity contribution in [3.8, 4) is 0 Å². The molecule has 1 aromatic heterocycles. The van der Waals surface area contributed by atoms with Gasteiger partial charge in [0.15, 0.2) is 0 Å². The molecule has 21 heavy (non-hydrogen) atoms. The molecule has 6 heteroatoms. The van der Waals surface area contributed by atoms with Gasteiger partial charge in [-0.2, -0.15) is 0 Å². The topological polar surface area (TPSA) is 92.4 Å². The zero-order chi connectivity index (χ0) is 15.0. The molecular formula is C15H14N2O4. The van der Waals surface area contributed by atoms with E-state index in [1.54, 1.807) is 25.1 Å². The summed E-state index contributed by atoms with van der Waals surface area (Å²) < 4.78 is 5.04. The van der Waals surface area contributed by atoms with E-state index in [2.05, 4.69) is 10.5 Å². The second-order valence-corrected chi connectivity index (χ2v) is 5.18. The van der Waals surface area contributed by atoms with Crippen LogP contribution < -0.4 is 5.32 Å². The predicted molar refractivity (Wildman–Crippen MR) is 74.6 cm³/mol. The van der Waals surface area contributed by atoms with E-state index >= 15 is 0 Å². The van der Waals surface area contributed by atoms with Crippen LogP contribution in [0, 0.1) is 6.92 Å². The smallest absolute Gasteiger partial charge is 0.335 e. The van der Waals surface area contributed by atoms with Crippen molar-refractivity contribution in [3.63, 3.8) is 0 Å². The summed E-state index contributed by atoms with van der Waals surface area (Å²) >= 11 is 0.